The minimum absolute atomic E-state index is 0.111. The molecule has 3 aromatic rings. The third-order valence-corrected chi connectivity index (χ3v) is 3.66. The molecule has 20 heavy (non-hydrogen) atoms. The van der Waals surface area contributed by atoms with Crippen LogP contribution >= 0.6 is 22.6 Å². The Morgan fingerprint density at radius 2 is 1.70 bits per heavy atom. The van der Waals surface area contributed by atoms with Crippen LogP contribution in [0, 0.1) is 26.8 Å². The van der Waals surface area contributed by atoms with Crippen molar-refractivity contribution in [1.82, 2.24) is 14.8 Å². The number of nitrogens with zero attached hydrogens (tertiary/aromatic N) is 3. The SMILES string of the molecule is Fc1cc(F)c(F)c(-n2ncc3c(I)ccnc32)c1F. The second-order valence-corrected chi connectivity index (χ2v) is 5.07. The highest BCUT2D eigenvalue weighted by Crippen LogP contribution is 2.26. The fraction of sp³-hybridized carbons (Fsp3) is 0. The highest BCUT2D eigenvalue weighted by molar-refractivity contribution is 14.1. The minimum Gasteiger partial charge on any atom is -0.236 e. The average Bonchev–Trinajstić information content (AvgIpc) is 2.83. The molecule has 0 N–H and O–H groups in total. The zero-order valence-corrected chi connectivity index (χ0v) is 11.7. The first kappa shape index (κ1) is 13.3. The molecule has 3 rings (SSSR count). The summed E-state index contributed by atoms with van der Waals surface area (Å²) in [6.07, 6.45) is 2.74. The molecule has 0 aliphatic carbocycles. The molecule has 0 amide bonds. The Balaban J connectivity index is 2.40. The summed E-state index contributed by atoms with van der Waals surface area (Å²) >= 11 is 1.99. The minimum atomic E-state index is -1.52. The van der Waals surface area contributed by atoms with Gasteiger partial charge in [-0.05, 0) is 28.7 Å². The first-order chi connectivity index (χ1) is 9.50. The molecule has 0 spiro atoms. The summed E-state index contributed by atoms with van der Waals surface area (Å²) in [6.45, 7) is 0. The van der Waals surface area contributed by atoms with E-state index in [-0.39, 0.29) is 11.7 Å². The van der Waals surface area contributed by atoms with Crippen molar-refractivity contribution in [1.29, 1.82) is 0 Å². The average molecular weight is 393 g/mol. The Morgan fingerprint density at radius 3 is 2.35 bits per heavy atom. The summed E-state index contributed by atoms with van der Waals surface area (Å²) < 4.78 is 55.5. The molecule has 0 aliphatic rings. The number of hydrogen-bond acceptors (Lipinski definition) is 2. The Kier molecular flexibility index (Phi) is 3.11. The van der Waals surface area contributed by atoms with E-state index in [2.05, 4.69) is 10.1 Å². The lowest BCUT2D eigenvalue weighted by Crippen LogP contribution is -2.08. The quantitative estimate of drug-likeness (QED) is 0.360. The Hall–Kier alpha value is -1.71. The molecule has 3 nitrogen and oxygen atoms in total. The van der Waals surface area contributed by atoms with E-state index in [4.69, 9.17) is 0 Å². The number of hydrogen-bond donors (Lipinski definition) is 0. The molecule has 0 saturated carbocycles. The van der Waals surface area contributed by atoms with E-state index in [1.165, 1.54) is 12.4 Å². The second kappa shape index (κ2) is 4.69. The first-order valence-corrected chi connectivity index (χ1v) is 6.40. The van der Waals surface area contributed by atoms with Crippen LogP contribution in [0.4, 0.5) is 17.6 Å². The van der Waals surface area contributed by atoms with E-state index in [9.17, 15) is 17.6 Å². The molecular formula is C12H4F4IN3. The fourth-order valence-electron chi connectivity index (χ4n) is 1.81. The molecule has 0 radical (unpaired) electrons. The van der Waals surface area contributed by atoms with E-state index < -0.39 is 29.0 Å². The summed E-state index contributed by atoms with van der Waals surface area (Å²) in [5.74, 6) is -6.02. The van der Waals surface area contributed by atoms with Crippen LogP contribution in [0.3, 0.4) is 0 Å². The lowest BCUT2D eigenvalue weighted by atomic mass is 10.2. The number of pyridine rings is 1. The van der Waals surface area contributed by atoms with Crippen LogP contribution in [0.15, 0.2) is 24.5 Å². The third-order valence-electron chi connectivity index (χ3n) is 2.72. The zero-order chi connectivity index (χ0) is 14.4. The lowest BCUT2D eigenvalue weighted by Gasteiger charge is -2.07. The van der Waals surface area contributed by atoms with Crippen molar-refractivity contribution in [2.24, 2.45) is 0 Å². The van der Waals surface area contributed by atoms with Crippen LogP contribution in [-0.2, 0) is 0 Å². The standard InChI is InChI=1S/C12H4F4IN3/c13-6-3-7(14)10(16)11(9(6)15)20-12-5(4-19-20)8(17)1-2-18-12/h1-4H. The van der Waals surface area contributed by atoms with Gasteiger partial charge in [0.15, 0.2) is 28.9 Å². The third kappa shape index (κ3) is 1.86. The van der Waals surface area contributed by atoms with E-state index in [1.54, 1.807) is 6.07 Å². The molecular weight excluding hydrogens is 389 g/mol. The molecule has 0 saturated heterocycles. The van der Waals surface area contributed by atoms with E-state index >= 15 is 0 Å². The normalized spacial score (nSPS) is 11.2. The van der Waals surface area contributed by atoms with Crippen molar-refractivity contribution in [3.63, 3.8) is 0 Å². The number of rotatable bonds is 1. The molecule has 2 heterocycles. The molecule has 8 heteroatoms. The maximum Gasteiger partial charge on any atom is 0.187 e. The Morgan fingerprint density at radius 1 is 1.05 bits per heavy atom. The molecule has 0 atom stereocenters. The highest BCUT2D eigenvalue weighted by atomic mass is 127. The van der Waals surface area contributed by atoms with Crippen LogP contribution in [0.25, 0.3) is 16.7 Å². The van der Waals surface area contributed by atoms with Gasteiger partial charge in [-0.15, -0.1) is 0 Å². The van der Waals surface area contributed by atoms with Gasteiger partial charge in [0.1, 0.15) is 5.69 Å². The largest absolute Gasteiger partial charge is 0.236 e. The van der Waals surface area contributed by atoms with Crippen molar-refractivity contribution in [2.45, 2.75) is 0 Å². The Labute approximate surface area is 123 Å². The van der Waals surface area contributed by atoms with Crippen molar-refractivity contribution >= 4 is 33.6 Å². The molecule has 2 aromatic heterocycles. The van der Waals surface area contributed by atoms with Crippen molar-refractivity contribution in [2.75, 3.05) is 0 Å². The Bertz CT molecular complexity index is 805. The van der Waals surface area contributed by atoms with Crippen molar-refractivity contribution in [3.8, 4) is 5.69 Å². The van der Waals surface area contributed by atoms with Gasteiger partial charge >= 0.3 is 0 Å². The molecule has 0 fully saturated rings. The predicted octanol–water partition coefficient (Wildman–Crippen LogP) is 3.58. The predicted molar refractivity (Wildman–Crippen MR) is 71.4 cm³/mol. The molecule has 102 valence electrons. The van der Waals surface area contributed by atoms with Crippen LogP contribution in [-0.4, -0.2) is 14.8 Å². The first-order valence-electron chi connectivity index (χ1n) is 5.32. The summed E-state index contributed by atoms with van der Waals surface area (Å²) in [7, 11) is 0. The smallest absolute Gasteiger partial charge is 0.187 e. The lowest BCUT2D eigenvalue weighted by molar-refractivity contribution is 0.445. The number of fused-ring (bicyclic) bond motifs is 1. The van der Waals surface area contributed by atoms with Gasteiger partial charge in [-0.2, -0.15) is 5.10 Å². The van der Waals surface area contributed by atoms with Gasteiger partial charge in [0, 0.05) is 15.8 Å². The van der Waals surface area contributed by atoms with Gasteiger partial charge in [-0.1, -0.05) is 0 Å². The molecule has 0 unspecified atom stereocenters. The summed E-state index contributed by atoms with van der Waals surface area (Å²) in [4.78, 5) is 3.94. The fourth-order valence-corrected chi connectivity index (χ4v) is 2.35. The topological polar surface area (TPSA) is 30.7 Å². The summed E-state index contributed by atoms with van der Waals surface area (Å²) in [5.41, 5.74) is -0.813. The number of halogens is 5. The second-order valence-electron chi connectivity index (χ2n) is 3.90. The van der Waals surface area contributed by atoms with Crippen molar-refractivity contribution in [3.05, 3.63) is 51.4 Å². The van der Waals surface area contributed by atoms with Crippen LogP contribution in [0.5, 0.6) is 0 Å². The number of benzene rings is 1. The summed E-state index contributed by atoms with van der Waals surface area (Å²) in [6, 6.07) is 1.82. The zero-order valence-electron chi connectivity index (χ0n) is 9.54. The van der Waals surface area contributed by atoms with Crippen LogP contribution in [0.2, 0.25) is 0 Å². The van der Waals surface area contributed by atoms with Gasteiger partial charge < -0.3 is 0 Å². The van der Waals surface area contributed by atoms with E-state index in [0.717, 1.165) is 8.25 Å². The van der Waals surface area contributed by atoms with E-state index in [0.29, 0.717) is 5.39 Å². The van der Waals surface area contributed by atoms with Gasteiger partial charge in [0.25, 0.3) is 0 Å². The molecule has 1 aromatic carbocycles. The molecule has 0 bridgehead atoms. The molecule has 0 aliphatic heterocycles. The maximum absolute atomic E-state index is 13.8. The van der Waals surface area contributed by atoms with Gasteiger partial charge in [0.2, 0.25) is 0 Å². The van der Waals surface area contributed by atoms with E-state index in [1.807, 2.05) is 22.6 Å². The summed E-state index contributed by atoms with van der Waals surface area (Å²) in [5, 5.41) is 4.29. The number of aromatic nitrogens is 3. The van der Waals surface area contributed by atoms with Crippen molar-refractivity contribution < 1.29 is 17.6 Å². The van der Waals surface area contributed by atoms with Gasteiger partial charge in [-0.3, -0.25) is 0 Å². The van der Waals surface area contributed by atoms with Gasteiger partial charge in [0.05, 0.1) is 11.6 Å². The van der Waals surface area contributed by atoms with Crippen LogP contribution in [0.1, 0.15) is 0 Å². The highest BCUT2D eigenvalue weighted by Gasteiger charge is 2.23. The van der Waals surface area contributed by atoms with Crippen LogP contribution < -0.4 is 0 Å². The van der Waals surface area contributed by atoms with Gasteiger partial charge in [-0.25, -0.2) is 27.2 Å². The monoisotopic (exact) mass is 393 g/mol. The maximum atomic E-state index is 13.8.